The lowest BCUT2D eigenvalue weighted by molar-refractivity contribution is -0.110. The maximum Gasteiger partial charge on any atom is 0.256 e. The molecule has 2 aromatic carbocycles. The van der Waals surface area contributed by atoms with Crippen molar-refractivity contribution in [3.8, 4) is 16.9 Å². The molecule has 0 aliphatic carbocycles. The minimum Gasteiger partial charge on any atom is -0.490 e. The van der Waals surface area contributed by atoms with Gasteiger partial charge < -0.3 is 25.8 Å². The van der Waals surface area contributed by atoms with Gasteiger partial charge in [0.25, 0.3) is 5.91 Å². The second-order valence-corrected chi connectivity index (χ2v) is 8.96. The SMILES string of the molecule is N[C@H](COc1cncc(-c2ccc3c(c2)/C(=C/c2cc[nH]c2)C(=O)N3)c1)Cc1c[nH]c2ccccc12. The van der Waals surface area contributed by atoms with Crippen LogP contribution in [-0.4, -0.2) is 33.5 Å². The Morgan fingerprint density at radius 3 is 2.83 bits per heavy atom. The van der Waals surface area contributed by atoms with E-state index in [1.165, 1.54) is 10.9 Å². The standard InChI is InChI=1S/C29H25N5O2/c30-22(10-21-15-33-27-4-2-1-3-24(21)27)17-36-23-11-20(14-32-16-23)19-5-6-28-25(12-19)26(29(35)34-28)9-18-7-8-31-13-18/h1-9,11-16,22,31,33H,10,17,30H2,(H,34,35)/b26-9-/t22-/m0/s1. The van der Waals surface area contributed by atoms with Crippen molar-refractivity contribution in [1.29, 1.82) is 0 Å². The summed E-state index contributed by atoms with van der Waals surface area (Å²) in [5, 5.41) is 4.12. The Kier molecular flexibility index (Phi) is 5.59. The number of aromatic amines is 2. The summed E-state index contributed by atoms with van der Waals surface area (Å²) in [6, 6.07) is 17.8. The van der Waals surface area contributed by atoms with Crippen LogP contribution in [0.25, 0.3) is 33.7 Å². The Hall–Kier alpha value is -4.62. The molecule has 178 valence electrons. The molecule has 1 aliphatic heterocycles. The van der Waals surface area contributed by atoms with E-state index in [1.54, 1.807) is 12.4 Å². The van der Waals surface area contributed by atoms with Crippen molar-refractivity contribution in [1.82, 2.24) is 15.0 Å². The van der Waals surface area contributed by atoms with Gasteiger partial charge >= 0.3 is 0 Å². The lowest BCUT2D eigenvalue weighted by Gasteiger charge is -2.13. The number of nitrogens with one attached hydrogen (secondary N) is 3. The zero-order valence-electron chi connectivity index (χ0n) is 19.5. The van der Waals surface area contributed by atoms with Crippen LogP contribution in [0.3, 0.4) is 0 Å². The van der Waals surface area contributed by atoms with E-state index in [-0.39, 0.29) is 11.9 Å². The quantitative estimate of drug-likeness (QED) is 0.248. The Bertz CT molecular complexity index is 1580. The van der Waals surface area contributed by atoms with Crippen molar-refractivity contribution in [3.63, 3.8) is 0 Å². The van der Waals surface area contributed by atoms with Gasteiger partial charge in [-0.25, -0.2) is 0 Å². The van der Waals surface area contributed by atoms with E-state index in [0.717, 1.165) is 33.5 Å². The predicted molar refractivity (Wildman–Crippen MR) is 142 cm³/mol. The van der Waals surface area contributed by atoms with E-state index in [1.807, 2.05) is 67.1 Å². The van der Waals surface area contributed by atoms with Crippen molar-refractivity contribution in [3.05, 3.63) is 102 Å². The molecule has 36 heavy (non-hydrogen) atoms. The summed E-state index contributed by atoms with van der Waals surface area (Å²) in [5.41, 5.74) is 13.8. The van der Waals surface area contributed by atoms with E-state index in [4.69, 9.17) is 10.5 Å². The number of aromatic nitrogens is 3. The number of hydrogen-bond donors (Lipinski definition) is 4. The number of carbonyl (C=O) groups excluding carboxylic acids is 1. The molecule has 0 radical (unpaired) electrons. The van der Waals surface area contributed by atoms with Gasteiger partial charge in [-0.3, -0.25) is 9.78 Å². The number of H-pyrrole nitrogens is 2. The van der Waals surface area contributed by atoms with Gasteiger partial charge in [-0.1, -0.05) is 24.3 Å². The number of benzene rings is 2. The van der Waals surface area contributed by atoms with Crippen LogP contribution in [0.1, 0.15) is 16.7 Å². The number of ether oxygens (including phenoxy) is 1. The predicted octanol–water partition coefficient (Wildman–Crippen LogP) is 5.00. The first kappa shape index (κ1) is 21.9. The van der Waals surface area contributed by atoms with Crippen LogP contribution >= 0.6 is 0 Å². The number of fused-ring (bicyclic) bond motifs is 2. The molecule has 0 fully saturated rings. The molecule has 0 unspecified atom stereocenters. The highest BCUT2D eigenvalue weighted by molar-refractivity contribution is 6.35. The zero-order valence-corrected chi connectivity index (χ0v) is 19.5. The molecule has 0 bridgehead atoms. The minimum absolute atomic E-state index is 0.109. The van der Waals surface area contributed by atoms with Gasteiger partial charge in [0, 0.05) is 64.1 Å². The third-order valence-corrected chi connectivity index (χ3v) is 6.40. The number of rotatable bonds is 7. The smallest absolute Gasteiger partial charge is 0.256 e. The van der Waals surface area contributed by atoms with Crippen molar-refractivity contribution in [2.24, 2.45) is 5.73 Å². The molecule has 7 heteroatoms. The van der Waals surface area contributed by atoms with Gasteiger partial charge in [0.1, 0.15) is 12.4 Å². The zero-order chi connectivity index (χ0) is 24.5. The van der Waals surface area contributed by atoms with Gasteiger partial charge in [0.15, 0.2) is 0 Å². The van der Waals surface area contributed by atoms with Crippen LogP contribution in [-0.2, 0) is 11.2 Å². The van der Waals surface area contributed by atoms with Crippen LogP contribution in [0.2, 0.25) is 0 Å². The number of carbonyl (C=O) groups is 1. The molecule has 5 aromatic rings. The van der Waals surface area contributed by atoms with E-state index < -0.39 is 0 Å². The summed E-state index contributed by atoms with van der Waals surface area (Å²) in [5.74, 6) is 0.544. The Labute approximate surface area is 208 Å². The Balaban J connectivity index is 1.18. The average Bonchev–Trinajstić information content (AvgIpc) is 3.63. The van der Waals surface area contributed by atoms with Crippen molar-refractivity contribution in [2.75, 3.05) is 11.9 Å². The molecular weight excluding hydrogens is 450 g/mol. The monoisotopic (exact) mass is 475 g/mol. The minimum atomic E-state index is -0.161. The molecule has 1 aliphatic rings. The molecule has 0 saturated heterocycles. The van der Waals surface area contributed by atoms with E-state index in [9.17, 15) is 4.79 Å². The second kappa shape index (κ2) is 9.20. The van der Waals surface area contributed by atoms with E-state index in [2.05, 4.69) is 32.4 Å². The summed E-state index contributed by atoms with van der Waals surface area (Å²) < 4.78 is 6.01. The molecule has 0 saturated carbocycles. The van der Waals surface area contributed by atoms with E-state index in [0.29, 0.717) is 24.4 Å². The average molecular weight is 476 g/mol. The number of nitrogens with zero attached hydrogens (tertiary/aromatic N) is 1. The van der Waals surface area contributed by atoms with Crippen LogP contribution in [0.5, 0.6) is 5.75 Å². The molecule has 1 amide bonds. The highest BCUT2D eigenvalue weighted by atomic mass is 16.5. The molecule has 6 rings (SSSR count). The van der Waals surface area contributed by atoms with E-state index >= 15 is 0 Å². The maximum atomic E-state index is 12.6. The first-order valence-electron chi connectivity index (χ1n) is 11.8. The molecule has 3 aromatic heterocycles. The van der Waals surface area contributed by atoms with Gasteiger partial charge in [-0.15, -0.1) is 0 Å². The fourth-order valence-electron chi connectivity index (χ4n) is 4.60. The van der Waals surface area contributed by atoms with Crippen molar-refractivity contribution < 1.29 is 9.53 Å². The van der Waals surface area contributed by atoms with Gasteiger partial charge in [0.05, 0.1) is 6.20 Å². The van der Waals surface area contributed by atoms with Crippen LogP contribution in [0.15, 0.2) is 85.6 Å². The number of hydrogen-bond acceptors (Lipinski definition) is 4. The lowest BCUT2D eigenvalue weighted by atomic mass is 9.99. The third kappa shape index (κ3) is 4.28. The Morgan fingerprint density at radius 2 is 1.94 bits per heavy atom. The van der Waals surface area contributed by atoms with Crippen molar-refractivity contribution >= 4 is 34.1 Å². The highest BCUT2D eigenvalue weighted by Crippen LogP contribution is 2.36. The molecule has 0 spiro atoms. The van der Waals surface area contributed by atoms with Crippen LogP contribution in [0.4, 0.5) is 5.69 Å². The normalized spacial score (nSPS) is 14.7. The molecule has 4 heterocycles. The molecular formula is C29H25N5O2. The topological polar surface area (TPSA) is 109 Å². The van der Waals surface area contributed by atoms with Crippen molar-refractivity contribution in [2.45, 2.75) is 12.5 Å². The van der Waals surface area contributed by atoms with Gasteiger partial charge in [-0.2, -0.15) is 0 Å². The lowest BCUT2D eigenvalue weighted by Crippen LogP contribution is -2.30. The summed E-state index contributed by atoms with van der Waals surface area (Å²) in [6.45, 7) is 0.372. The summed E-state index contributed by atoms with van der Waals surface area (Å²) in [4.78, 5) is 23.2. The highest BCUT2D eigenvalue weighted by Gasteiger charge is 2.24. The first-order chi connectivity index (χ1) is 17.6. The van der Waals surface area contributed by atoms with Crippen LogP contribution in [0, 0.1) is 0 Å². The van der Waals surface area contributed by atoms with Gasteiger partial charge in [0.2, 0.25) is 0 Å². The third-order valence-electron chi connectivity index (χ3n) is 6.40. The second-order valence-electron chi connectivity index (χ2n) is 8.96. The summed E-state index contributed by atoms with van der Waals surface area (Å²) in [6.07, 6.45) is 11.8. The maximum absolute atomic E-state index is 12.6. The van der Waals surface area contributed by atoms with Crippen LogP contribution < -0.4 is 15.8 Å². The summed E-state index contributed by atoms with van der Waals surface area (Å²) in [7, 11) is 0. The largest absolute Gasteiger partial charge is 0.490 e. The summed E-state index contributed by atoms with van der Waals surface area (Å²) >= 11 is 0. The number of nitrogens with two attached hydrogens (primary N) is 1. The van der Waals surface area contributed by atoms with Gasteiger partial charge in [-0.05, 0) is 59.5 Å². The first-order valence-corrected chi connectivity index (χ1v) is 11.8. The number of anilines is 1. The fourth-order valence-corrected chi connectivity index (χ4v) is 4.60. The number of pyridine rings is 1. The molecule has 7 nitrogen and oxygen atoms in total. The Morgan fingerprint density at radius 1 is 1.03 bits per heavy atom. The fraction of sp³-hybridized carbons (Fsp3) is 0.103. The number of para-hydroxylation sites is 1. The number of amides is 1. The molecule has 1 atom stereocenters. The molecule has 5 N–H and O–H groups in total.